The highest BCUT2D eigenvalue weighted by molar-refractivity contribution is 5.92. The minimum atomic E-state index is -0.275. The van der Waals surface area contributed by atoms with Gasteiger partial charge in [-0.15, -0.1) is 0 Å². The van der Waals surface area contributed by atoms with Crippen molar-refractivity contribution < 1.29 is 4.79 Å². The highest BCUT2D eigenvalue weighted by atomic mass is 16.1. The van der Waals surface area contributed by atoms with Crippen LogP contribution in [0.15, 0.2) is 61.2 Å². The van der Waals surface area contributed by atoms with Crippen molar-refractivity contribution in [1.29, 1.82) is 0 Å². The van der Waals surface area contributed by atoms with E-state index in [2.05, 4.69) is 25.6 Å². The van der Waals surface area contributed by atoms with Gasteiger partial charge in [0.2, 0.25) is 0 Å². The number of aromatic nitrogens is 3. The van der Waals surface area contributed by atoms with Gasteiger partial charge in [-0.2, -0.15) is 0 Å². The zero-order valence-electron chi connectivity index (χ0n) is 14.7. The molecule has 0 bridgehead atoms. The minimum absolute atomic E-state index is 0.266. The van der Waals surface area contributed by atoms with E-state index < -0.39 is 0 Å². The van der Waals surface area contributed by atoms with E-state index >= 15 is 0 Å². The molecule has 0 radical (unpaired) electrons. The first-order chi connectivity index (χ1) is 12.6. The summed E-state index contributed by atoms with van der Waals surface area (Å²) in [4.78, 5) is 26.6. The topological polar surface area (TPSA) is 83.0 Å². The Morgan fingerprint density at radius 1 is 1.04 bits per heavy atom. The number of anilines is 3. The van der Waals surface area contributed by atoms with Crippen LogP contribution in [0, 0.1) is 0 Å². The number of amides is 1. The number of hydrogen-bond acceptors (Lipinski definition) is 6. The average Bonchev–Trinajstić information content (AvgIpc) is 2.68. The standard InChI is InChI=1S/C19H20N6O/c1-25(2)16-7-5-15(6-8-16)24-18-13-21-17(12-22-18)19(26)23-11-14-4-3-9-20-10-14/h3-10,12-13H,11H2,1-2H3,(H,22,24)(H,23,26). The first-order valence-electron chi connectivity index (χ1n) is 8.15. The van der Waals surface area contributed by atoms with E-state index in [4.69, 9.17) is 0 Å². The third-order valence-corrected chi connectivity index (χ3v) is 3.72. The molecule has 3 rings (SSSR count). The Balaban J connectivity index is 1.58. The summed E-state index contributed by atoms with van der Waals surface area (Å²) in [5.74, 6) is 0.301. The Kier molecular flexibility index (Phi) is 5.38. The number of benzene rings is 1. The average molecular weight is 348 g/mol. The molecule has 1 amide bonds. The predicted octanol–water partition coefficient (Wildman–Crippen LogP) is 2.61. The summed E-state index contributed by atoms with van der Waals surface area (Å²) in [5, 5.41) is 5.96. The molecule has 132 valence electrons. The Hall–Kier alpha value is -3.48. The van der Waals surface area contributed by atoms with Crippen LogP contribution in [-0.4, -0.2) is 35.0 Å². The number of nitrogens with one attached hydrogen (secondary N) is 2. The van der Waals surface area contributed by atoms with Crippen LogP contribution >= 0.6 is 0 Å². The van der Waals surface area contributed by atoms with Crippen LogP contribution in [0.1, 0.15) is 16.1 Å². The molecule has 7 heteroatoms. The molecule has 0 aliphatic rings. The Morgan fingerprint density at radius 3 is 2.46 bits per heavy atom. The van der Waals surface area contributed by atoms with Crippen molar-refractivity contribution in [3.05, 3.63) is 72.4 Å². The van der Waals surface area contributed by atoms with Crippen molar-refractivity contribution in [2.24, 2.45) is 0 Å². The van der Waals surface area contributed by atoms with Gasteiger partial charge in [-0.05, 0) is 35.9 Å². The third kappa shape index (κ3) is 4.54. The lowest BCUT2D eigenvalue weighted by molar-refractivity contribution is 0.0945. The van der Waals surface area contributed by atoms with E-state index in [1.54, 1.807) is 18.6 Å². The second kappa shape index (κ2) is 8.06. The molecule has 0 saturated carbocycles. The van der Waals surface area contributed by atoms with Crippen molar-refractivity contribution in [3.8, 4) is 0 Å². The fourth-order valence-corrected chi connectivity index (χ4v) is 2.28. The van der Waals surface area contributed by atoms with Gasteiger partial charge >= 0.3 is 0 Å². The maximum atomic E-state index is 12.1. The van der Waals surface area contributed by atoms with Crippen LogP contribution in [0.2, 0.25) is 0 Å². The van der Waals surface area contributed by atoms with Gasteiger partial charge < -0.3 is 15.5 Å². The smallest absolute Gasteiger partial charge is 0.271 e. The summed E-state index contributed by atoms with van der Waals surface area (Å²) in [7, 11) is 3.98. The molecular formula is C19H20N6O. The highest BCUT2D eigenvalue weighted by Gasteiger charge is 2.08. The molecule has 2 N–H and O–H groups in total. The van der Waals surface area contributed by atoms with Gasteiger partial charge in [0.15, 0.2) is 0 Å². The van der Waals surface area contributed by atoms with E-state index in [-0.39, 0.29) is 11.6 Å². The number of pyridine rings is 1. The van der Waals surface area contributed by atoms with Crippen molar-refractivity contribution in [2.45, 2.75) is 6.54 Å². The molecule has 1 aromatic carbocycles. The summed E-state index contributed by atoms with van der Waals surface area (Å²) >= 11 is 0. The van der Waals surface area contributed by atoms with Crippen LogP contribution in [0.4, 0.5) is 17.2 Å². The fourth-order valence-electron chi connectivity index (χ4n) is 2.28. The summed E-state index contributed by atoms with van der Waals surface area (Å²) < 4.78 is 0. The molecule has 2 heterocycles. The summed E-state index contributed by atoms with van der Waals surface area (Å²) in [6, 6.07) is 11.7. The van der Waals surface area contributed by atoms with Crippen LogP contribution in [0.25, 0.3) is 0 Å². The molecule has 0 fully saturated rings. The molecule has 0 spiro atoms. The molecule has 0 aliphatic carbocycles. The van der Waals surface area contributed by atoms with Gasteiger partial charge in [0, 0.05) is 44.4 Å². The second-order valence-electron chi connectivity index (χ2n) is 5.90. The zero-order chi connectivity index (χ0) is 18.4. The van der Waals surface area contributed by atoms with Crippen LogP contribution in [0.3, 0.4) is 0 Å². The van der Waals surface area contributed by atoms with E-state index in [0.717, 1.165) is 16.9 Å². The van der Waals surface area contributed by atoms with Crippen molar-refractivity contribution in [3.63, 3.8) is 0 Å². The summed E-state index contributed by atoms with van der Waals surface area (Å²) in [6.45, 7) is 0.395. The second-order valence-corrected chi connectivity index (χ2v) is 5.90. The third-order valence-electron chi connectivity index (χ3n) is 3.72. The van der Waals surface area contributed by atoms with Gasteiger partial charge in [-0.25, -0.2) is 9.97 Å². The lowest BCUT2D eigenvalue weighted by atomic mass is 10.2. The van der Waals surface area contributed by atoms with Gasteiger partial charge in [0.05, 0.1) is 12.4 Å². The Morgan fingerprint density at radius 2 is 1.85 bits per heavy atom. The molecule has 0 saturated heterocycles. The highest BCUT2D eigenvalue weighted by Crippen LogP contribution is 2.18. The molecule has 0 unspecified atom stereocenters. The van der Waals surface area contributed by atoms with Gasteiger partial charge in [0.1, 0.15) is 11.5 Å². The Bertz CT molecular complexity index is 847. The molecule has 0 atom stereocenters. The number of nitrogens with zero attached hydrogens (tertiary/aromatic N) is 4. The van der Waals surface area contributed by atoms with E-state index in [9.17, 15) is 4.79 Å². The molecule has 0 aliphatic heterocycles. The molecule has 2 aromatic heterocycles. The minimum Gasteiger partial charge on any atom is -0.378 e. The van der Waals surface area contributed by atoms with E-state index in [0.29, 0.717) is 12.4 Å². The molecule has 7 nitrogen and oxygen atoms in total. The maximum Gasteiger partial charge on any atom is 0.271 e. The lowest BCUT2D eigenvalue weighted by Crippen LogP contribution is -2.24. The van der Waals surface area contributed by atoms with Crippen LogP contribution in [-0.2, 0) is 6.54 Å². The molecule has 3 aromatic rings. The fraction of sp³-hybridized carbons (Fsp3) is 0.158. The normalized spacial score (nSPS) is 10.2. The zero-order valence-corrected chi connectivity index (χ0v) is 14.7. The molecule has 26 heavy (non-hydrogen) atoms. The SMILES string of the molecule is CN(C)c1ccc(Nc2cnc(C(=O)NCc3cccnc3)cn2)cc1. The van der Waals surface area contributed by atoms with Gasteiger partial charge in [-0.3, -0.25) is 9.78 Å². The largest absolute Gasteiger partial charge is 0.378 e. The van der Waals surface area contributed by atoms with Crippen LogP contribution in [0.5, 0.6) is 0 Å². The number of carbonyl (C=O) groups is 1. The van der Waals surface area contributed by atoms with Gasteiger partial charge in [0.25, 0.3) is 5.91 Å². The maximum absolute atomic E-state index is 12.1. The first kappa shape index (κ1) is 17.3. The van der Waals surface area contributed by atoms with Crippen molar-refractivity contribution in [2.75, 3.05) is 24.3 Å². The monoisotopic (exact) mass is 348 g/mol. The number of carbonyl (C=O) groups excluding carboxylic acids is 1. The predicted molar refractivity (Wildman–Crippen MR) is 101 cm³/mol. The van der Waals surface area contributed by atoms with E-state index in [1.807, 2.05) is 55.4 Å². The van der Waals surface area contributed by atoms with E-state index in [1.165, 1.54) is 6.20 Å². The van der Waals surface area contributed by atoms with Crippen molar-refractivity contribution in [1.82, 2.24) is 20.3 Å². The Labute approximate surface area is 152 Å². The first-order valence-corrected chi connectivity index (χ1v) is 8.15. The number of rotatable bonds is 6. The molecular weight excluding hydrogens is 328 g/mol. The summed E-state index contributed by atoms with van der Waals surface area (Å²) in [6.07, 6.45) is 6.39. The van der Waals surface area contributed by atoms with Gasteiger partial charge in [-0.1, -0.05) is 6.07 Å². The van der Waals surface area contributed by atoms with Crippen LogP contribution < -0.4 is 15.5 Å². The van der Waals surface area contributed by atoms with Crippen molar-refractivity contribution >= 4 is 23.1 Å². The quantitative estimate of drug-likeness (QED) is 0.712. The summed E-state index contributed by atoms with van der Waals surface area (Å²) in [5.41, 5.74) is 3.21. The lowest BCUT2D eigenvalue weighted by Gasteiger charge is -2.13. The number of hydrogen-bond donors (Lipinski definition) is 2.